The minimum atomic E-state index is -0.114. The van der Waals surface area contributed by atoms with Crippen molar-refractivity contribution in [1.82, 2.24) is 4.90 Å². The highest BCUT2D eigenvalue weighted by atomic mass is 16.5. The molecule has 5 heteroatoms. The first-order chi connectivity index (χ1) is 9.61. The SMILES string of the molecule is CCOc1ccc(N)cc1CN1C(=O)CCCCC1=O. The van der Waals surface area contributed by atoms with Crippen LogP contribution in [0.25, 0.3) is 0 Å². The van der Waals surface area contributed by atoms with Crippen LogP contribution in [0.15, 0.2) is 18.2 Å². The molecule has 0 bridgehead atoms. The van der Waals surface area contributed by atoms with E-state index in [0.29, 0.717) is 30.9 Å². The van der Waals surface area contributed by atoms with Crippen LogP contribution in [0.2, 0.25) is 0 Å². The normalized spacial score (nSPS) is 16.1. The highest BCUT2D eigenvalue weighted by Gasteiger charge is 2.25. The van der Waals surface area contributed by atoms with E-state index < -0.39 is 0 Å². The summed E-state index contributed by atoms with van der Waals surface area (Å²) in [5.74, 6) is 0.446. The molecule has 1 saturated heterocycles. The lowest BCUT2D eigenvalue weighted by Crippen LogP contribution is -2.34. The fourth-order valence-corrected chi connectivity index (χ4v) is 2.33. The number of benzene rings is 1. The summed E-state index contributed by atoms with van der Waals surface area (Å²) >= 11 is 0. The summed E-state index contributed by atoms with van der Waals surface area (Å²) < 4.78 is 5.53. The van der Waals surface area contributed by atoms with Crippen LogP contribution in [0.1, 0.15) is 38.2 Å². The van der Waals surface area contributed by atoms with Crippen molar-refractivity contribution in [3.63, 3.8) is 0 Å². The molecule has 0 saturated carbocycles. The van der Waals surface area contributed by atoms with E-state index in [9.17, 15) is 9.59 Å². The van der Waals surface area contributed by atoms with Gasteiger partial charge >= 0.3 is 0 Å². The maximum absolute atomic E-state index is 12.0. The molecular formula is C15H20N2O3. The number of nitrogens with zero attached hydrogens (tertiary/aromatic N) is 1. The number of anilines is 1. The van der Waals surface area contributed by atoms with Crippen molar-refractivity contribution >= 4 is 17.5 Å². The topological polar surface area (TPSA) is 72.6 Å². The molecule has 0 aliphatic carbocycles. The Bertz CT molecular complexity index is 496. The zero-order chi connectivity index (χ0) is 14.5. The summed E-state index contributed by atoms with van der Waals surface area (Å²) in [5, 5.41) is 0. The van der Waals surface area contributed by atoms with Gasteiger partial charge in [0, 0.05) is 24.1 Å². The zero-order valence-corrected chi connectivity index (χ0v) is 11.7. The number of hydrogen-bond donors (Lipinski definition) is 1. The smallest absolute Gasteiger partial charge is 0.229 e. The number of rotatable bonds is 4. The van der Waals surface area contributed by atoms with Crippen molar-refractivity contribution in [2.45, 2.75) is 39.2 Å². The van der Waals surface area contributed by atoms with E-state index in [1.54, 1.807) is 18.2 Å². The van der Waals surface area contributed by atoms with E-state index in [1.165, 1.54) is 4.90 Å². The second-order valence-corrected chi connectivity index (χ2v) is 4.88. The van der Waals surface area contributed by atoms with Crippen LogP contribution in [0.3, 0.4) is 0 Å². The minimum Gasteiger partial charge on any atom is -0.494 e. The van der Waals surface area contributed by atoms with E-state index in [-0.39, 0.29) is 18.4 Å². The molecule has 20 heavy (non-hydrogen) atoms. The van der Waals surface area contributed by atoms with Gasteiger partial charge in [-0.25, -0.2) is 0 Å². The molecule has 0 aromatic heterocycles. The Morgan fingerprint density at radius 1 is 1.20 bits per heavy atom. The molecule has 1 fully saturated rings. The Morgan fingerprint density at radius 3 is 2.45 bits per heavy atom. The summed E-state index contributed by atoms with van der Waals surface area (Å²) in [6, 6.07) is 5.29. The number of hydrogen-bond acceptors (Lipinski definition) is 4. The number of nitrogens with two attached hydrogens (primary N) is 1. The number of imide groups is 1. The van der Waals surface area contributed by atoms with Gasteiger partial charge in [0.2, 0.25) is 11.8 Å². The van der Waals surface area contributed by atoms with Crippen molar-refractivity contribution in [2.75, 3.05) is 12.3 Å². The maximum atomic E-state index is 12.0. The quantitative estimate of drug-likeness (QED) is 0.675. The highest BCUT2D eigenvalue weighted by Crippen LogP contribution is 2.25. The van der Waals surface area contributed by atoms with Gasteiger partial charge in [0.25, 0.3) is 0 Å². The number of amides is 2. The van der Waals surface area contributed by atoms with Crippen LogP contribution in [0, 0.1) is 0 Å². The molecule has 1 heterocycles. The molecule has 0 atom stereocenters. The molecule has 1 aliphatic heterocycles. The third-order valence-electron chi connectivity index (χ3n) is 3.35. The van der Waals surface area contributed by atoms with Crippen molar-refractivity contribution in [2.24, 2.45) is 0 Å². The standard InChI is InChI=1S/C15H20N2O3/c1-2-20-13-8-7-12(16)9-11(13)10-17-14(18)5-3-4-6-15(17)19/h7-9H,2-6,10,16H2,1H3. The molecule has 2 N–H and O–H groups in total. The van der Waals surface area contributed by atoms with Crippen molar-refractivity contribution in [3.05, 3.63) is 23.8 Å². The first kappa shape index (κ1) is 14.4. The first-order valence-electron chi connectivity index (χ1n) is 6.96. The van der Waals surface area contributed by atoms with Crippen LogP contribution in [0.5, 0.6) is 5.75 Å². The third-order valence-corrected chi connectivity index (χ3v) is 3.35. The number of carbonyl (C=O) groups excluding carboxylic acids is 2. The lowest BCUT2D eigenvalue weighted by molar-refractivity contribution is -0.144. The predicted molar refractivity (Wildman–Crippen MR) is 76.0 cm³/mol. The van der Waals surface area contributed by atoms with Crippen LogP contribution >= 0.6 is 0 Å². The van der Waals surface area contributed by atoms with Gasteiger partial charge in [0.15, 0.2) is 0 Å². The fourth-order valence-electron chi connectivity index (χ4n) is 2.33. The second kappa shape index (κ2) is 6.41. The molecule has 0 radical (unpaired) electrons. The summed E-state index contributed by atoms with van der Waals surface area (Å²) in [6.45, 7) is 2.65. The Labute approximate surface area is 118 Å². The maximum Gasteiger partial charge on any atom is 0.229 e. The van der Waals surface area contributed by atoms with Gasteiger partial charge in [-0.3, -0.25) is 14.5 Å². The molecule has 0 spiro atoms. The monoisotopic (exact) mass is 276 g/mol. The van der Waals surface area contributed by atoms with Gasteiger partial charge in [-0.1, -0.05) is 0 Å². The van der Waals surface area contributed by atoms with Gasteiger partial charge in [-0.05, 0) is 38.0 Å². The number of ether oxygens (including phenoxy) is 1. The lowest BCUT2D eigenvalue weighted by Gasteiger charge is -2.20. The Hall–Kier alpha value is -2.04. The fraction of sp³-hybridized carbons (Fsp3) is 0.467. The molecule has 5 nitrogen and oxygen atoms in total. The predicted octanol–water partition coefficient (Wildman–Crippen LogP) is 2.10. The summed E-state index contributed by atoms with van der Waals surface area (Å²) in [5.41, 5.74) is 7.15. The Kier molecular flexibility index (Phi) is 4.61. The largest absolute Gasteiger partial charge is 0.494 e. The van der Waals surface area contributed by atoms with Gasteiger partial charge in [0.1, 0.15) is 5.75 Å². The second-order valence-electron chi connectivity index (χ2n) is 4.88. The molecule has 1 aromatic rings. The number of likely N-dealkylation sites (tertiary alicyclic amines) is 1. The summed E-state index contributed by atoms with van der Waals surface area (Å²) in [4.78, 5) is 25.4. The van der Waals surface area contributed by atoms with Gasteiger partial charge < -0.3 is 10.5 Å². The van der Waals surface area contributed by atoms with Crippen LogP contribution in [-0.2, 0) is 16.1 Å². The summed E-state index contributed by atoms with van der Waals surface area (Å²) in [6.07, 6.45) is 2.41. The van der Waals surface area contributed by atoms with Crippen LogP contribution in [-0.4, -0.2) is 23.3 Å². The van der Waals surface area contributed by atoms with Gasteiger partial charge in [0.05, 0.1) is 13.2 Å². The van der Waals surface area contributed by atoms with E-state index >= 15 is 0 Å². The average Bonchev–Trinajstić information content (AvgIpc) is 2.57. The first-order valence-corrected chi connectivity index (χ1v) is 6.96. The molecular weight excluding hydrogens is 256 g/mol. The molecule has 1 aliphatic rings. The molecule has 2 rings (SSSR count). The van der Waals surface area contributed by atoms with E-state index in [1.807, 2.05) is 6.92 Å². The van der Waals surface area contributed by atoms with Crippen molar-refractivity contribution in [1.29, 1.82) is 0 Å². The summed E-state index contributed by atoms with van der Waals surface area (Å²) in [7, 11) is 0. The Balaban J connectivity index is 2.24. The van der Waals surface area contributed by atoms with Crippen molar-refractivity contribution < 1.29 is 14.3 Å². The number of carbonyl (C=O) groups is 2. The molecule has 2 amide bonds. The van der Waals surface area contributed by atoms with Gasteiger partial charge in [-0.2, -0.15) is 0 Å². The van der Waals surface area contributed by atoms with Crippen molar-refractivity contribution in [3.8, 4) is 5.75 Å². The lowest BCUT2D eigenvalue weighted by atomic mass is 10.1. The van der Waals surface area contributed by atoms with E-state index in [0.717, 1.165) is 18.4 Å². The van der Waals surface area contributed by atoms with Crippen LogP contribution < -0.4 is 10.5 Å². The average molecular weight is 276 g/mol. The minimum absolute atomic E-state index is 0.114. The van der Waals surface area contributed by atoms with E-state index in [4.69, 9.17) is 10.5 Å². The third kappa shape index (κ3) is 3.29. The van der Waals surface area contributed by atoms with Gasteiger partial charge in [-0.15, -0.1) is 0 Å². The molecule has 108 valence electrons. The van der Waals surface area contributed by atoms with Crippen LogP contribution in [0.4, 0.5) is 5.69 Å². The zero-order valence-electron chi connectivity index (χ0n) is 11.7. The van der Waals surface area contributed by atoms with E-state index in [2.05, 4.69) is 0 Å². The molecule has 1 aromatic carbocycles. The Morgan fingerprint density at radius 2 is 1.85 bits per heavy atom. The molecule has 0 unspecified atom stereocenters. The highest BCUT2D eigenvalue weighted by molar-refractivity contribution is 5.96. The number of nitrogen functional groups attached to an aromatic ring is 1.